The summed E-state index contributed by atoms with van der Waals surface area (Å²) in [5.74, 6) is -1.31. The summed E-state index contributed by atoms with van der Waals surface area (Å²) < 4.78 is 32.4. The SMILES string of the molecule is CCOC(=O)[C@H](/C=C(\Cl)[C@@H](NS(=O)(=O)C(C)(C)C)C(C)C)c1ccc2ccccc2c1. The number of hydrogen-bond acceptors (Lipinski definition) is 4. The van der Waals surface area contributed by atoms with Crippen LogP contribution in [0.25, 0.3) is 10.8 Å². The van der Waals surface area contributed by atoms with E-state index in [-0.39, 0.29) is 17.6 Å². The number of carbonyl (C=O) groups excluding carboxylic acids is 1. The third-order valence-electron chi connectivity index (χ3n) is 5.05. The van der Waals surface area contributed by atoms with E-state index < -0.39 is 32.7 Å². The predicted octanol–water partition coefficient (Wildman–Crippen LogP) is 5.35. The van der Waals surface area contributed by atoms with Gasteiger partial charge in [-0.05, 0) is 62.1 Å². The second-order valence-corrected chi connectivity index (χ2v) is 11.7. The minimum atomic E-state index is -3.64. The molecule has 0 heterocycles. The van der Waals surface area contributed by atoms with E-state index in [0.29, 0.717) is 0 Å². The summed E-state index contributed by atoms with van der Waals surface area (Å²) >= 11 is 6.63. The first-order chi connectivity index (χ1) is 14.4. The van der Waals surface area contributed by atoms with Crippen molar-refractivity contribution in [2.75, 3.05) is 6.61 Å². The lowest BCUT2D eigenvalue weighted by Gasteiger charge is -2.28. The van der Waals surface area contributed by atoms with Gasteiger partial charge in [-0.3, -0.25) is 4.79 Å². The smallest absolute Gasteiger partial charge is 0.317 e. The highest BCUT2D eigenvalue weighted by molar-refractivity contribution is 7.90. The summed E-state index contributed by atoms with van der Waals surface area (Å²) in [6.07, 6.45) is 1.60. The standard InChI is InChI=1S/C24H32ClNO4S/c1-7-30-23(27)20(19-13-12-17-10-8-9-11-18(17)14-19)15-21(25)22(16(2)3)26-31(28,29)24(4,5)6/h8-16,20,22,26H,7H2,1-6H3/b21-15-/t20-,22+/m1/s1. The molecule has 31 heavy (non-hydrogen) atoms. The number of rotatable bonds is 8. The summed E-state index contributed by atoms with van der Waals surface area (Å²) in [5.41, 5.74) is 0.733. The van der Waals surface area contributed by atoms with Crippen molar-refractivity contribution in [2.45, 2.75) is 58.2 Å². The second-order valence-electron chi connectivity index (χ2n) is 8.84. The Labute approximate surface area is 190 Å². The molecule has 5 nitrogen and oxygen atoms in total. The van der Waals surface area contributed by atoms with Crippen LogP contribution in [0.2, 0.25) is 0 Å². The molecule has 0 saturated carbocycles. The van der Waals surface area contributed by atoms with Crippen molar-refractivity contribution in [2.24, 2.45) is 5.92 Å². The molecule has 170 valence electrons. The summed E-state index contributed by atoms with van der Waals surface area (Å²) in [7, 11) is -3.64. The van der Waals surface area contributed by atoms with Crippen LogP contribution in [0, 0.1) is 5.92 Å². The van der Waals surface area contributed by atoms with Crippen molar-refractivity contribution in [1.82, 2.24) is 4.72 Å². The average Bonchev–Trinajstić information content (AvgIpc) is 2.68. The molecule has 0 aromatic heterocycles. The summed E-state index contributed by atoms with van der Waals surface area (Å²) in [6, 6.07) is 12.9. The zero-order valence-corrected chi connectivity index (χ0v) is 20.5. The van der Waals surface area contributed by atoms with Crippen molar-refractivity contribution in [3.05, 3.63) is 59.1 Å². The van der Waals surface area contributed by atoms with Gasteiger partial charge in [0.25, 0.3) is 0 Å². The van der Waals surface area contributed by atoms with E-state index in [1.165, 1.54) is 0 Å². The first-order valence-electron chi connectivity index (χ1n) is 10.4. The van der Waals surface area contributed by atoms with E-state index in [1.807, 2.05) is 56.3 Å². The molecular weight excluding hydrogens is 434 g/mol. The lowest BCUT2D eigenvalue weighted by Crippen LogP contribution is -2.47. The Hall–Kier alpha value is -1.89. The van der Waals surface area contributed by atoms with Gasteiger partial charge in [0.2, 0.25) is 10.0 Å². The van der Waals surface area contributed by atoms with Gasteiger partial charge in [0.15, 0.2) is 0 Å². The molecule has 2 atom stereocenters. The molecule has 0 unspecified atom stereocenters. The molecule has 2 aromatic rings. The van der Waals surface area contributed by atoms with E-state index in [4.69, 9.17) is 16.3 Å². The van der Waals surface area contributed by atoms with E-state index in [9.17, 15) is 13.2 Å². The number of nitrogens with one attached hydrogen (secondary N) is 1. The fourth-order valence-electron chi connectivity index (χ4n) is 3.05. The van der Waals surface area contributed by atoms with Crippen molar-refractivity contribution >= 4 is 38.4 Å². The van der Waals surface area contributed by atoms with Crippen LogP contribution in [-0.2, 0) is 19.6 Å². The van der Waals surface area contributed by atoms with Crippen LogP contribution in [0.1, 0.15) is 53.0 Å². The molecule has 0 saturated heterocycles. The summed E-state index contributed by atoms with van der Waals surface area (Å²) in [6.45, 7) is 10.6. The molecule has 0 spiro atoms. The molecule has 0 radical (unpaired) electrons. The van der Waals surface area contributed by atoms with Crippen LogP contribution in [0.5, 0.6) is 0 Å². The van der Waals surface area contributed by atoms with Crippen molar-refractivity contribution in [3.63, 3.8) is 0 Å². The Balaban J connectivity index is 2.50. The Kier molecular flexibility index (Phi) is 8.31. The Morgan fingerprint density at radius 3 is 2.29 bits per heavy atom. The minimum Gasteiger partial charge on any atom is -0.465 e. The molecule has 0 amide bonds. The molecule has 0 aliphatic heterocycles. The minimum absolute atomic E-state index is 0.125. The molecule has 2 rings (SSSR count). The third-order valence-corrected chi connectivity index (χ3v) is 7.59. The number of ether oxygens (including phenoxy) is 1. The number of esters is 1. The molecule has 1 N–H and O–H groups in total. The van der Waals surface area contributed by atoms with E-state index in [1.54, 1.807) is 33.8 Å². The van der Waals surface area contributed by atoms with Crippen LogP contribution in [0.3, 0.4) is 0 Å². The lowest BCUT2D eigenvalue weighted by atomic mass is 9.94. The number of halogens is 1. The number of sulfonamides is 1. The lowest BCUT2D eigenvalue weighted by molar-refractivity contribution is -0.143. The van der Waals surface area contributed by atoms with Crippen LogP contribution in [0.15, 0.2) is 53.6 Å². The van der Waals surface area contributed by atoms with Crippen molar-refractivity contribution < 1.29 is 17.9 Å². The van der Waals surface area contributed by atoms with Gasteiger partial charge in [0.1, 0.15) is 5.92 Å². The topological polar surface area (TPSA) is 72.5 Å². The average molecular weight is 466 g/mol. The summed E-state index contributed by atoms with van der Waals surface area (Å²) in [5, 5.41) is 2.31. The summed E-state index contributed by atoms with van der Waals surface area (Å²) in [4.78, 5) is 12.8. The molecule has 0 aliphatic carbocycles. The molecule has 0 aliphatic rings. The Morgan fingerprint density at radius 1 is 1.13 bits per heavy atom. The number of benzene rings is 2. The second kappa shape index (κ2) is 10.2. The van der Waals surface area contributed by atoms with Crippen LogP contribution >= 0.6 is 11.6 Å². The highest BCUT2D eigenvalue weighted by Gasteiger charge is 2.34. The molecule has 0 fully saturated rings. The van der Waals surface area contributed by atoms with Crippen LogP contribution < -0.4 is 4.72 Å². The third kappa shape index (κ3) is 6.31. The van der Waals surface area contributed by atoms with Gasteiger partial charge in [-0.25, -0.2) is 13.1 Å². The fourth-order valence-corrected chi connectivity index (χ4v) is 4.64. The van der Waals surface area contributed by atoms with Crippen LogP contribution in [0.4, 0.5) is 0 Å². The predicted molar refractivity (Wildman–Crippen MR) is 128 cm³/mol. The normalized spacial score (nSPS) is 15.2. The van der Waals surface area contributed by atoms with Crippen LogP contribution in [-0.4, -0.2) is 31.8 Å². The molecule has 2 aromatic carbocycles. The highest BCUT2D eigenvalue weighted by atomic mass is 35.5. The highest BCUT2D eigenvalue weighted by Crippen LogP contribution is 2.29. The quantitative estimate of drug-likeness (QED) is 0.533. The van der Waals surface area contributed by atoms with Gasteiger partial charge < -0.3 is 4.74 Å². The number of fused-ring (bicyclic) bond motifs is 1. The monoisotopic (exact) mass is 465 g/mol. The maximum Gasteiger partial charge on any atom is 0.317 e. The van der Waals surface area contributed by atoms with Crippen molar-refractivity contribution in [1.29, 1.82) is 0 Å². The van der Waals surface area contributed by atoms with E-state index in [0.717, 1.165) is 16.3 Å². The maximum atomic E-state index is 12.8. The van der Waals surface area contributed by atoms with Gasteiger partial charge in [-0.1, -0.05) is 61.8 Å². The fraction of sp³-hybridized carbons (Fsp3) is 0.458. The zero-order valence-electron chi connectivity index (χ0n) is 19.0. The first-order valence-corrected chi connectivity index (χ1v) is 12.3. The number of carbonyl (C=O) groups is 1. The van der Waals surface area contributed by atoms with Gasteiger partial charge >= 0.3 is 5.97 Å². The Morgan fingerprint density at radius 2 is 1.74 bits per heavy atom. The van der Waals surface area contributed by atoms with E-state index >= 15 is 0 Å². The molecule has 0 bridgehead atoms. The zero-order chi connectivity index (χ0) is 23.4. The van der Waals surface area contributed by atoms with Gasteiger partial charge in [-0.2, -0.15) is 0 Å². The van der Waals surface area contributed by atoms with E-state index in [2.05, 4.69) is 4.72 Å². The van der Waals surface area contributed by atoms with Crippen molar-refractivity contribution in [3.8, 4) is 0 Å². The molecular formula is C24H32ClNO4S. The van der Waals surface area contributed by atoms with Gasteiger partial charge in [-0.15, -0.1) is 0 Å². The largest absolute Gasteiger partial charge is 0.465 e. The Bertz CT molecular complexity index is 1050. The van der Waals surface area contributed by atoms with Gasteiger partial charge in [0, 0.05) is 5.03 Å². The van der Waals surface area contributed by atoms with Gasteiger partial charge in [0.05, 0.1) is 17.4 Å². The molecule has 7 heteroatoms. The first kappa shape index (κ1) is 25.4. The number of hydrogen-bond donors (Lipinski definition) is 1. The maximum absolute atomic E-state index is 12.8.